The van der Waals surface area contributed by atoms with Crippen LogP contribution in [0.1, 0.15) is 49.7 Å². The van der Waals surface area contributed by atoms with Crippen LogP contribution in [0.25, 0.3) is 0 Å². The monoisotopic (exact) mass is 442 g/mol. The van der Waals surface area contributed by atoms with E-state index in [4.69, 9.17) is 5.73 Å². The first-order chi connectivity index (χ1) is 11.3. The summed E-state index contributed by atoms with van der Waals surface area (Å²) in [6.07, 6.45) is 7.85. The van der Waals surface area contributed by atoms with Crippen LogP contribution in [0.3, 0.4) is 0 Å². The first-order valence-electron chi connectivity index (χ1n) is 9.17. The van der Waals surface area contributed by atoms with Gasteiger partial charge in [0.25, 0.3) is 0 Å². The molecule has 0 aliphatic carbocycles. The van der Waals surface area contributed by atoms with Gasteiger partial charge in [0.15, 0.2) is 5.96 Å². The van der Waals surface area contributed by atoms with E-state index < -0.39 is 0 Å². The third-order valence-corrected chi connectivity index (χ3v) is 5.05. The van der Waals surface area contributed by atoms with E-state index in [9.17, 15) is 0 Å². The maximum absolute atomic E-state index is 6.20. The Balaban J connectivity index is 0.00000208. The van der Waals surface area contributed by atoms with Crippen molar-refractivity contribution < 1.29 is 0 Å². The van der Waals surface area contributed by atoms with E-state index in [1.807, 2.05) is 0 Å². The fourth-order valence-electron chi connectivity index (χ4n) is 3.61. The highest BCUT2D eigenvalue weighted by atomic mass is 127. The second-order valence-electron chi connectivity index (χ2n) is 6.83. The largest absolute Gasteiger partial charge is 0.370 e. The highest BCUT2D eigenvalue weighted by molar-refractivity contribution is 14.0. The zero-order chi connectivity index (χ0) is 15.9. The van der Waals surface area contributed by atoms with Crippen molar-refractivity contribution in [2.24, 2.45) is 10.7 Å². The van der Waals surface area contributed by atoms with Gasteiger partial charge < -0.3 is 10.6 Å². The normalized spacial score (nSPS) is 19.8. The number of rotatable bonds is 4. The van der Waals surface area contributed by atoms with Gasteiger partial charge in [-0.15, -0.1) is 24.0 Å². The van der Waals surface area contributed by atoms with Gasteiger partial charge in [0.1, 0.15) is 0 Å². The van der Waals surface area contributed by atoms with Gasteiger partial charge >= 0.3 is 0 Å². The molecule has 0 atom stereocenters. The van der Waals surface area contributed by atoms with Crippen LogP contribution in [0.4, 0.5) is 0 Å². The van der Waals surface area contributed by atoms with Gasteiger partial charge in [-0.1, -0.05) is 30.7 Å². The summed E-state index contributed by atoms with van der Waals surface area (Å²) in [5.74, 6) is 0.720. The molecule has 1 aromatic rings. The molecule has 2 N–H and O–H groups in total. The minimum atomic E-state index is 0. The molecule has 5 heteroatoms. The summed E-state index contributed by atoms with van der Waals surface area (Å²) >= 11 is 0. The van der Waals surface area contributed by atoms with Crippen LogP contribution < -0.4 is 5.73 Å². The summed E-state index contributed by atoms with van der Waals surface area (Å²) in [5.41, 5.74) is 8.92. The zero-order valence-corrected chi connectivity index (χ0v) is 17.0. The van der Waals surface area contributed by atoms with Gasteiger partial charge in [-0.2, -0.15) is 0 Å². The van der Waals surface area contributed by atoms with Gasteiger partial charge in [-0.25, -0.2) is 4.99 Å². The van der Waals surface area contributed by atoms with Crippen molar-refractivity contribution in [1.29, 1.82) is 0 Å². The number of aliphatic imine (C=N–C) groups is 1. The Morgan fingerprint density at radius 3 is 2.12 bits per heavy atom. The molecule has 0 amide bonds. The van der Waals surface area contributed by atoms with Crippen LogP contribution in [0.15, 0.2) is 29.3 Å². The molecule has 0 unspecified atom stereocenters. The molecule has 1 aromatic carbocycles. The number of piperidine rings is 2. The third kappa shape index (κ3) is 5.62. The molecule has 0 spiro atoms. The maximum Gasteiger partial charge on any atom is 0.191 e. The topological polar surface area (TPSA) is 44.9 Å². The van der Waals surface area contributed by atoms with E-state index in [1.54, 1.807) is 0 Å². The van der Waals surface area contributed by atoms with Crippen LogP contribution in [-0.4, -0.2) is 41.9 Å². The molecule has 2 aliphatic heterocycles. The van der Waals surface area contributed by atoms with E-state index in [1.165, 1.54) is 62.7 Å². The minimum absolute atomic E-state index is 0. The molecule has 4 nitrogen and oxygen atoms in total. The quantitative estimate of drug-likeness (QED) is 0.441. The summed E-state index contributed by atoms with van der Waals surface area (Å²) in [6.45, 7) is 6.33. The van der Waals surface area contributed by atoms with Crippen molar-refractivity contribution in [3.8, 4) is 0 Å². The predicted octanol–water partition coefficient (Wildman–Crippen LogP) is 3.59. The molecule has 2 heterocycles. The lowest BCUT2D eigenvalue weighted by atomic mass is 10.1. The number of likely N-dealkylation sites (tertiary alicyclic amines) is 2. The standard InChI is InChI=1S/C19H30N4.HI/c20-19(23-13-7-2-8-14-23)21-15-17-9-3-4-10-18(17)16-22-11-5-1-6-12-22;/h3-4,9-10H,1-2,5-8,11-16H2,(H2,20,21);1H. The highest BCUT2D eigenvalue weighted by Gasteiger charge is 2.14. The van der Waals surface area contributed by atoms with Crippen molar-refractivity contribution >= 4 is 29.9 Å². The Morgan fingerprint density at radius 2 is 1.46 bits per heavy atom. The minimum Gasteiger partial charge on any atom is -0.370 e. The molecule has 2 fully saturated rings. The average Bonchev–Trinajstić information content (AvgIpc) is 2.62. The van der Waals surface area contributed by atoms with E-state index in [0.29, 0.717) is 6.54 Å². The molecular formula is C19H31IN4. The number of nitrogens with zero attached hydrogens (tertiary/aromatic N) is 3. The SMILES string of the molecule is I.NC(=NCc1ccccc1CN1CCCCC1)N1CCCCC1. The van der Waals surface area contributed by atoms with E-state index >= 15 is 0 Å². The van der Waals surface area contributed by atoms with Gasteiger partial charge in [-0.3, -0.25) is 4.90 Å². The maximum atomic E-state index is 6.20. The van der Waals surface area contributed by atoms with Crippen LogP contribution in [-0.2, 0) is 13.1 Å². The van der Waals surface area contributed by atoms with Gasteiger partial charge in [0.05, 0.1) is 6.54 Å². The van der Waals surface area contributed by atoms with E-state index in [0.717, 1.165) is 25.6 Å². The summed E-state index contributed by atoms with van der Waals surface area (Å²) in [7, 11) is 0. The van der Waals surface area contributed by atoms with Crippen LogP contribution in [0, 0.1) is 0 Å². The first-order valence-corrected chi connectivity index (χ1v) is 9.17. The smallest absolute Gasteiger partial charge is 0.191 e. The molecular weight excluding hydrogens is 411 g/mol. The summed E-state index contributed by atoms with van der Waals surface area (Å²) in [5, 5.41) is 0. The number of guanidine groups is 1. The Hall–Kier alpha value is -0.820. The van der Waals surface area contributed by atoms with Crippen molar-refractivity contribution in [3.05, 3.63) is 35.4 Å². The third-order valence-electron chi connectivity index (χ3n) is 5.05. The Labute approximate surface area is 163 Å². The van der Waals surface area contributed by atoms with Crippen LogP contribution in [0.5, 0.6) is 0 Å². The lowest BCUT2D eigenvalue weighted by Crippen LogP contribution is -2.40. The number of hydrogen-bond donors (Lipinski definition) is 1. The Morgan fingerprint density at radius 1 is 0.875 bits per heavy atom. The van der Waals surface area contributed by atoms with Crippen LogP contribution in [0.2, 0.25) is 0 Å². The van der Waals surface area contributed by atoms with Gasteiger partial charge in [-0.05, 0) is 56.3 Å². The summed E-state index contributed by atoms with van der Waals surface area (Å²) in [6, 6.07) is 8.70. The first kappa shape index (κ1) is 19.5. The molecule has 134 valence electrons. The van der Waals surface area contributed by atoms with Crippen molar-refractivity contribution in [2.75, 3.05) is 26.2 Å². The second kappa shape index (κ2) is 10.2. The molecule has 2 saturated heterocycles. The van der Waals surface area contributed by atoms with Gasteiger partial charge in [0, 0.05) is 19.6 Å². The van der Waals surface area contributed by atoms with Crippen LogP contribution >= 0.6 is 24.0 Å². The zero-order valence-electron chi connectivity index (χ0n) is 14.6. The Bertz CT molecular complexity index is 520. The van der Waals surface area contributed by atoms with Crippen molar-refractivity contribution in [1.82, 2.24) is 9.80 Å². The van der Waals surface area contributed by atoms with E-state index in [-0.39, 0.29) is 24.0 Å². The number of halogens is 1. The number of hydrogen-bond acceptors (Lipinski definition) is 2. The van der Waals surface area contributed by atoms with Crippen molar-refractivity contribution in [3.63, 3.8) is 0 Å². The van der Waals surface area contributed by atoms with E-state index in [2.05, 4.69) is 39.1 Å². The lowest BCUT2D eigenvalue weighted by molar-refractivity contribution is 0.220. The lowest BCUT2D eigenvalue weighted by Gasteiger charge is -2.28. The fraction of sp³-hybridized carbons (Fsp3) is 0.632. The predicted molar refractivity (Wildman–Crippen MR) is 112 cm³/mol. The molecule has 0 bridgehead atoms. The number of benzene rings is 1. The van der Waals surface area contributed by atoms with Gasteiger partial charge in [0.2, 0.25) is 0 Å². The summed E-state index contributed by atoms with van der Waals surface area (Å²) in [4.78, 5) is 9.48. The molecule has 0 saturated carbocycles. The average molecular weight is 442 g/mol. The second-order valence-corrected chi connectivity index (χ2v) is 6.83. The number of nitrogens with two attached hydrogens (primary N) is 1. The molecule has 2 aliphatic rings. The molecule has 0 aromatic heterocycles. The molecule has 3 rings (SSSR count). The Kier molecular flexibility index (Phi) is 8.32. The molecule has 24 heavy (non-hydrogen) atoms. The van der Waals surface area contributed by atoms with Crippen molar-refractivity contribution in [2.45, 2.75) is 51.6 Å². The highest BCUT2D eigenvalue weighted by Crippen LogP contribution is 2.17. The molecule has 0 radical (unpaired) electrons. The summed E-state index contributed by atoms with van der Waals surface area (Å²) < 4.78 is 0. The fourth-order valence-corrected chi connectivity index (χ4v) is 3.61.